The summed E-state index contributed by atoms with van der Waals surface area (Å²) in [5.41, 5.74) is 0.0699. The summed E-state index contributed by atoms with van der Waals surface area (Å²) in [7, 11) is 1.54. The van der Waals surface area contributed by atoms with E-state index in [9.17, 15) is 14.7 Å². The van der Waals surface area contributed by atoms with Gasteiger partial charge in [-0.2, -0.15) is 0 Å². The Hall–Kier alpha value is -2.31. The molecule has 2 N–H and O–H groups in total. The minimum absolute atomic E-state index is 0.237. The van der Waals surface area contributed by atoms with Crippen molar-refractivity contribution in [2.45, 2.75) is 39.3 Å². The number of amides is 2. The van der Waals surface area contributed by atoms with Gasteiger partial charge in [-0.25, -0.2) is 9.78 Å². The first kappa shape index (κ1) is 17.1. The fourth-order valence-electron chi connectivity index (χ4n) is 3.01. The summed E-state index contributed by atoms with van der Waals surface area (Å²) >= 11 is 0. The standard InChI is InChI=1S/C16H23N3O4/c1-16(2,3)13-12(7-8-19(13)15(21)22)23-10-5-6-11(18-9-10)14(20)17-4/h5-6,9,12-13H,7-8H2,1-4H3,(H,17,20)(H,21,22)/t12-,13?/m0/s1. The number of carbonyl (C=O) groups is 2. The van der Waals surface area contributed by atoms with Crippen molar-refractivity contribution in [2.24, 2.45) is 5.41 Å². The van der Waals surface area contributed by atoms with Crippen LogP contribution < -0.4 is 10.1 Å². The van der Waals surface area contributed by atoms with E-state index >= 15 is 0 Å². The van der Waals surface area contributed by atoms with Crippen molar-refractivity contribution in [2.75, 3.05) is 13.6 Å². The number of aromatic nitrogens is 1. The molecule has 1 unspecified atom stereocenters. The van der Waals surface area contributed by atoms with E-state index in [2.05, 4.69) is 10.3 Å². The molecule has 2 heterocycles. The number of nitrogens with zero attached hydrogens (tertiary/aromatic N) is 2. The zero-order valence-corrected chi connectivity index (χ0v) is 13.9. The van der Waals surface area contributed by atoms with E-state index in [0.29, 0.717) is 24.4 Å². The fraction of sp³-hybridized carbons (Fsp3) is 0.562. The van der Waals surface area contributed by atoms with Crippen molar-refractivity contribution in [3.05, 3.63) is 24.0 Å². The zero-order valence-electron chi connectivity index (χ0n) is 13.9. The van der Waals surface area contributed by atoms with Crippen molar-refractivity contribution >= 4 is 12.0 Å². The van der Waals surface area contributed by atoms with E-state index in [0.717, 1.165) is 0 Å². The fourth-order valence-corrected chi connectivity index (χ4v) is 3.01. The van der Waals surface area contributed by atoms with Gasteiger partial charge in [-0.05, 0) is 17.5 Å². The molecule has 0 saturated carbocycles. The van der Waals surface area contributed by atoms with Crippen molar-refractivity contribution in [1.29, 1.82) is 0 Å². The third-order valence-electron chi connectivity index (χ3n) is 3.96. The average Bonchev–Trinajstić information content (AvgIpc) is 2.91. The molecule has 2 atom stereocenters. The Morgan fingerprint density at radius 2 is 2.09 bits per heavy atom. The lowest BCUT2D eigenvalue weighted by molar-refractivity contribution is 0.0570. The second kappa shape index (κ2) is 6.44. The van der Waals surface area contributed by atoms with Crippen LogP contribution in [0.2, 0.25) is 0 Å². The number of carboxylic acid groups (broad SMARTS) is 1. The second-order valence-electron chi connectivity index (χ2n) is 6.69. The summed E-state index contributed by atoms with van der Waals surface area (Å²) in [6.07, 6.45) is 0.960. The van der Waals surface area contributed by atoms with Crippen molar-refractivity contribution in [1.82, 2.24) is 15.2 Å². The van der Waals surface area contributed by atoms with Gasteiger partial charge in [-0.1, -0.05) is 20.8 Å². The van der Waals surface area contributed by atoms with Crippen molar-refractivity contribution in [3.8, 4) is 5.75 Å². The van der Waals surface area contributed by atoms with Gasteiger partial charge in [-0.15, -0.1) is 0 Å². The third-order valence-corrected chi connectivity index (χ3v) is 3.96. The van der Waals surface area contributed by atoms with Crippen molar-refractivity contribution in [3.63, 3.8) is 0 Å². The number of hydrogen-bond donors (Lipinski definition) is 2. The molecule has 0 aromatic carbocycles. The summed E-state index contributed by atoms with van der Waals surface area (Å²) in [4.78, 5) is 28.4. The molecule has 126 valence electrons. The number of rotatable bonds is 3. The molecule has 1 aliphatic rings. The Morgan fingerprint density at radius 1 is 1.39 bits per heavy atom. The number of likely N-dealkylation sites (tertiary alicyclic amines) is 1. The molecular formula is C16H23N3O4. The SMILES string of the molecule is CNC(=O)c1ccc(O[C@H]2CCN(C(=O)O)C2C(C)(C)C)cn1. The predicted molar refractivity (Wildman–Crippen MR) is 84.6 cm³/mol. The summed E-state index contributed by atoms with van der Waals surface area (Å²) in [6, 6.07) is 3.03. The van der Waals surface area contributed by atoms with Crippen LogP contribution in [0.15, 0.2) is 18.3 Å². The van der Waals surface area contributed by atoms with E-state index < -0.39 is 6.09 Å². The summed E-state index contributed by atoms with van der Waals surface area (Å²) < 4.78 is 5.96. The number of pyridine rings is 1. The number of carbonyl (C=O) groups excluding carboxylic acids is 1. The molecule has 23 heavy (non-hydrogen) atoms. The Morgan fingerprint density at radius 3 is 2.57 bits per heavy atom. The van der Waals surface area contributed by atoms with Gasteiger partial charge < -0.3 is 20.1 Å². The molecule has 1 fully saturated rings. The molecular weight excluding hydrogens is 298 g/mol. The molecule has 1 saturated heterocycles. The van der Waals surface area contributed by atoms with E-state index in [1.165, 1.54) is 11.1 Å². The summed E-state index contributed by atoms with van der Waals surface area (Å²) in [6.45, 7) is 6.46. The van der Waals surface area contributed by atoms with E-state index in [-0.39, 0.29) is 23.5 Å². The monoisotopic (exact) mass is 321 g/mol. The highest BCUT2D eigenvalue weighted by molar-refractivity contribution is 5.91. The highest BCUT2D eigenvalue weighted by Crippen LogP contribution is 2.35. The number of nitrogens with one attached hydrogen (secondary N) is 1. The van der Waals surface area contributed by atoms with Gasteiger partial charge in [0.2, 0.25) is 0 Å². The molecule has 0 bridgehead atoms. The van der Waals surface area contributed by atoms with Crippen molar-refractivity contribution < 1.29 is 19.4 Å². The molecule has 0 radical (unpaired) electrons. The highest BCUT2D eigenvalue weighted by Gasteiger charge is 2.45. The molecule has 1 aromatic heterocycles. The first-order valence-corrected chi connectivity index (χ1v) is 7.58. The van der Waals surface area contributed by atoms with Crippen LogP contribution in [-0.2, 0) is 0 Å². The number of hydrogen-bond acceptors (Lipinski definition) is 4. The molecule has 0 spiro atoms. The van der Waals surface area contributed by atoms with Gasteiger partial charge in [0.05, 0.1) is 12.2 Å². The van der Waals surface area contributed by atoms with Crippen LogP contribution >= 0.6 is 0 Å². The van der Waals surface area contributed by atoms with Crippen LogP contribution in [-0.4, -0.2) is 52.7 Å². The normalized spacial score (nSPS) is 21.1. The van der Waals surface area contributed by atoms with Gasteiger partial charge in [-0.3, -0.25) is 4.79 Å². The van der Waals surface area contributed by atoms with Gasteiger partial charge >= 0.3 is 6.09 Å². The zero-order chi connectivity index (χ0) is 17.2. The van der Waals surface area contributed by atoms with Crippen LogP contribution in [0, 0.1) is 5.41 Å². The van der Waals surface area contributed by atoms with Crippen LogP contribution in [0.4, 0.5) is 4.79 Å². The molecule has 1 aromatic rings. The maximum Gasteiger partial charge on any atom is 0.407 e. The maximum absolute atomic E-state index is 11.5. The third kappa shape index (κ3) is 3.72. The van der Waals surface area contributed by atoms with Gasteiger partial charge in [0.1, 0.15) is 17.5 Å². The first-order valence-electron chi connectivity index (χ1n) is 7.58. The summed E-state index contributed by atoms with van der Waals surface area (Å²) in [5.74, 6) is 0.270. The van der Waals surface area contributed by atoms with Crippen LogP contribution in [0.25, 0.3) is 0 Å². The van der Waals surface area contributed by atoms with E-state index in [1.54, 1.807) is 19.2 Å². The first-order chi connectivity index (χ1) is 10.7. The Labute approximate surface area is 135 Å². The smallest absolute Gasteiger partial charge is 0.407 e. The predicted octanol–water partition coefficient (Wildman–Crippen LogP) is 1.99. The molecule has 7 heteroatoms. The van der Waals surface area contributed by atoms with Crippen LogP contribution in [0.5, 0.6) is 5.75 Å². The minimum atomic E-state index is -0.927. The minimum Gasteiger partial charge on any atom is -0.487 e. The van der Waals surface area contributed by atoms with E-state index in [1.807, 2.05) is 20.8 Å². The molecule has 1 aliphatic heterocycles. The number of ether oxygens (including phenoxy) is 1. The second-order valence-corrected chi connectivity index (χ2v) is 6.69. The topological polar surface area (TPSA) is 91.8 Å². The largest absolute Gasteiger partial charge is 0.487 e. The van der Waals surface area contributed by atoms with Crippen LogP contribution in [0.3, 0.4) is 0 Å². The molecule has 2 amide bonds. The van der Waals surface area contributed by atoms with Gasteiger partial charge in [0.15, 0.2) is 0 Å². The van der Waals surface area contributed by atoms with Gasteiger partial charge in [0.25, 0.3) is 5.91 Å². The highest BCUT2D eigenvalue weighted by atomic mass is 16.5. The Bertz CT molecular complexity index is 580. The molecule has 7 nitrogen and oxygen atoms in total. The lowest BCUT2D eigenvalue weighted by Gasteiger charge is -2.36. The Kier molecular flexibility index (Phi) is 4.77. The van der Waals surface area contributed by atoms with Gasteiger partial charge in [0, 0.05) is 20.0 Å². The summed E-state index contributed by atoms with van der Waals surface area (Å²) in [5, 5.41) is 11.9. The lowest BCUT2D eigenvalue weighted by Crippen LogP contribution is -2.48. The lowest BCUT2D eigenvalue weighted by atomic mass is 9.84. The Balaban J connectivity index is 2.15. The molecule has 2 rings (SSSR count). The van der Waals surface area contributed by atoms with Crippen LogP contribution in [0.1, 0.15) is 37.7 Å². The van der Waals surface area contributed by atoms with E-state index in [4.69, 9.17) is 4.74 Å². The molecule has 0 aliphatic carbocycles. The maximum atomic E-state index is 11.5. The quantitative estimate of drug-likeness (QED) is 0.888. The average molecular weight is 321 g/mol.